The number of halogens is 1. The number of unbranched alkanes of at least 4 members (excludes halogenated alkanes) is 1. The highest BCUT2D eigenvalue weighted by Crippen LogP contribution is 2.41. The second-order valence-electron chi connectivity index (χ2n) is 5.83. The summed E-state index contributed by atoms with van der Waals surface area (Å²) >= 11 is 5.98. The molecule has 1 N–H and O–H groups in total. The summed E-state index contributed by atoms with van der Waals surface area (Å²) in [6.07, 6.45) is 10.8. The molecule has 1 heterocycles. The summed E-state index contributed by atoms with van der Waals surface area (Å²) in [6, 6.07) is 8.80. The van der Waals surface area contributed by atoms with Crippen LogP contribution in [0.25, 0.3) is 0 Å². The van der Waals surface area contributed by atoms with Crippen molar-refractivity contribution in [3.05, 3.63) is 53.6 Å². The Morgan fingerprint density at radius 2 is 2.05 bits per heavy atom. The van der Waals surface area contributed by atoms with Crippen molar-refractivity contribution in [1.82, 2.24) is 14.9 Å². The first-order chi connectivity index (χ1) is 10.3. The van der Waals surface area contributed by atoms with Gasteiger partial charge in [-0.25, -0.2) is 4.98 Å². The van der Waals surface area contributed by atoms with E-state index in [9.17, 15) is 0 Å². The van der Waals surface area contributed by atoms with Gasteiger partial charge in [0.15, 0.2) is 0 Å². The first-order valence-electron chi connectivity index (χ1n) is 7.77. The van der Waals surface area contributed by atoms with Crippen molar-refractivity contribution in [3.63, 3.8) is 0 Å². The van der Waals surface area contributed by atoms with Gasteiger partial charge in [0, 0.05) is 30.0 Å². The molecule has 1 fully saturated rings. The molecule has 0 spiro atoms. The van der Waals surface area contributed by atoms with Gasteiger partial charge >= 0.3 is 0 Å². The minimum Gasteiger partial charge on any atom is -0.337 e. The van der Waals surface area contributed by atoms with Gasteiger partial charge in [0.1, 0.15) is 0 Å². The molecule has 112 valence electrons. The molecule has 1 aliphatic rings. The lowest BCUT2D eigenvalue weighted by Crippen LogP contribution is -2.24. The van der Waals surface area contributed by atoms with Crippen LogP contribution >= 0.6 is 11.6 Å². The van der Waals surface area contributed by atoms with Crippen LogP contribution in [0.15, 0.2) is 43.0 Å². The maximum atomic E-state index is 5.98. The number of rotatable bonds is 8. The Balaban J connectivity index is 1.44. The van der Waals surface area contributed by atoms with Crippen LogP contribution in [0.1, 0.15) is 37.3 Å². The van der Waals surface area contributed by atoms with Crippen molar-refractivity contribution in [2.75, 3.05) is 6.54 Å². The van der Waals surface area contributed by atoms with Crippen molar-refractivity contribution in [1.29, 1.82) is 0 Å². The molecule has 1 aliphatic carbocycles. The molecule has 3 rings (SSSR count). The summed E-state index contributed by atoms with van der Waals surface area (Å²) in [7, 11) is 0. The zero-order valence-corrected chi connectivity index (χ0v) is 13.0. The molecule has 1 atom stereocenters. The van der Waals surface area contributed by atoms with E-state index in [0.29, 0.717) is 6.04 Å². The fraction of sp³-hybridized carbons (Fsp3) is 0.471. The van der Waals surface area contributed by atoms with Crippen molar-refractivity contribution in [2.24, 2.45) is 5.92 Å². The van der Waals surface area contributed by atoms with Crippen molar-refractivity contribution < 1.29 is 0 Å². The van der Waals surface area contributed by atoms with Gasteiger partial charge in [-0.05, 0) is 55.8 Å². The predicted octanol–water partition coefficient (Wildman–Crippen LogP) is 4.06. The van der Waals surface area contributed by atoms with Gasteiger partial charge in [0.25, 0.3) is 0 Å². The maximum absolute atomic E-state index is 5.98. The summed E-state index contributed by atoms with van der Waals surface area (Å²) in [5.74, 6) is 0.805. The standard InChI is InChI=1S/C17H22ClN3/c18-16-7-5-15(6-8-16)17(14-3-4-14)20-9-1-2-11-21-12-10-19-13-21/h5-8,10,12-14,17,20H,1-4,9,11H2. The van der Waals surface area contributed by atoms with E-state index >= 15 is 0 Å². The lowest BCUT2D eigenvalue weighted by Gasteiger charge is -2.19. The second kappa shape index (κ2) is 7.10. The molecule has 1 aromatic heterocycles. The normalized spacial score (nSPS) is 16.0. The second-order valence-corrected chi connectivity index (χ2v) is 6.26. The summed E-state index contributed by atoms with van der Waals surface area (Å²) in [6.45, 7) is 2.12. The van der Waals surface area contributed by atoms with Crippen LogP contribution in [-0.4, -0.2) is 16.1 Å². The Labute approximate surface area is 131 Å². The molecule has 2 aromatic rings. The molecule has 21 heavy (non-hydrogen) atoms. The minimum atomic E-state index is 0.496. The average Bonchev–Trinajstić information content (AvgIpc) is 3.20. The molecule has 1 aromatic carbocycles. The van der Waals surface area contributed by atoms with Crippen LogP contribution < -0.4 is 5.32 Å². The van der Waals surface area contributed by atoms with Crippen molar-refractivity contribution in [2.45, 2.75) is 38.3 Å². The predicted molar refractivity (Wildman–Crippen MR) is 86.4 cm³/mol. The lowest BCUT2D eigenvalue weighted by molar-refractivity contribution is 0.462. The molecule has 1 unspecified atom stereocenters. The molecule has 0 radical (unpaired) electrons. The third kappa shape index (κ3) is 4.32. The van der Waals surface area contributed by atoms with Gasteiger partial charge in [-0.15, -0.1) is 0 Å². The zero-order valence-electron chi connectivity index (χ0n) is 12.2. The van der Waals surface area contributed by atoms with E-state index in [-0.39, 0.29) is 0 Å². The number of imidazole rings is 1. The molecular formula is C17H22ClN3. The molecule has 0 saturated heterocycles. The van der Waals surface area contributed by atoms with E-state index < -0.39 is 0 Å². The highest BCUT2D eigenvalue weighted by Gasteiger charge is 2.31. The quantitative estimate of drug-likeness (QED) is 0.745. The smallest absolute Gasteiger partial charge is 0.0945 e. The van der Waals surface area contributed by atoms with Gasteiger partial charge in [0.05, 0.1) is 6.33 Å². The maximum Gasteiger partial charge on any atom is 0.0945 e. The van der Waals surface area contributed by atoms with Gasteiger partial charge in [-0.3, -0.25) is 0 Å². The molecule has 0 bridgehead atoms. The van der Waals surface area contributed by atoms with Crippen molar-refractivity contribution >= 4 is 11.6 Å². The Hall–Kier alpha value is -1.32. The van der Waals surface area contributed by atoms with Crippen LogP contribution in [0.3, 0.4) is 0 Å². The van der Waals surface area contributed by atoms with E-state index in [1.54, 1.807) is 0 Å². The van der Waals surface area contributed by atoms with Crippen LogP contribution in [0, 0.1) is 5.92 Å². The van der Waals surface area contributed by atoms with Crippen LogP contribution in [0.4, 0.5) is 0 Å². The number of nitrogens with zero attached hydrogens (tertiary/aromatic N) is 2. The van der Waals surface area contributed by atoms with Crippen LogP contribution in [0.2, 0.25) is 5.02 Å². The zero-order chi connectivity index (χ0) is 14.5. The SMILES string of the molecule is Clc1ccc(C(NCCCCn2ccnc2)C2CC2)cc1. The van der Waals surface area contributed by atoms with E-state index in [1.165, 1.54) is 31.2 Å². The van der Waals surface area contributed by atoms with E-state index in [1.807, 2.05) is 30.9 Å². The van der Waals surface area contributed by atoms with E-state index in [0.717, 1.165) is 24.0 Å². The first kappa shape index (κ1) is 14.6. The minimum absolute atomic E-state index is 0.496. The van der Waals surface area contributed by atoms with E-state index in [4.69, 9.17) is 11.6 Å². The van der Waals surface area contributed by atoms with Crippen molar-refractivity contribution in [3.8, 4) is 0 Å². The van der Waals surface area contributed by atoms with Gasteiger partial charge < -0.3 is 9.88 Å². The fourth-order valence-corrected chi connectivity index (χ4v) is 2.88. The third-order valence-electron chi connectivity index (χ3n) is 4.09. The monoisotopic (exact) mass is 303 g/mol. The highest BCUT2D eigenvalue weighted by atomic mass is 35.5. The number of aromatic nitrogens is 2. The molecule has 0 aliphatic heterocycles. The Bertz CT molecular complexity index is 532. The Morgan fingerprint density at radius 1 is 1.24 bits per heavy atom. The summed E-state index contributed by atoms with van der Waals surface area (Å²) < 4.78 is 2.14. The topological polar surface area (TPSA) is 29.9 Å². The number of nitrogens with one attached hydrogen (secondary N) is 1. The Morgan fingerprint density at radius 3 is 2.71 bits per heavy atom. The first-order valence-corrected chi connectivity index (χ1v) is 8.15. The largest absolute Gasteiger partial charge is 0.337 e. The average molecular weight is 304 g/mol. The molecule has 3 nitrogen and oxygen atoms in total. The van der Waals surface area contributed by atoms with Gasteiger partial charge in [-0.1, -0.05) is 23.7 Å². The third-order valence-corrected chi connectivity index (χ3v) is 4.34. The Kier molecular flexibility index (Phi) is 4.94. The van der Waals surface area contributed by atoms with Crippen LogP contribution in [-0.2, 0) is 6.54 Å². The number of hydrogen-bond acceptors (Lipinski definition) is 2. The molecule has 1 saturated carbocycles. The van der Waals surface area contributed by atoms with Gasteiger partial charge in [0.2, 0.25) is 0 Å². The molecular weight excluding hydrogens is 282 g/mol. The summed E-state index contributed by atoms with van der Waals surface area (Å²) in [4.78, 5) is 4.06. The summed E-state index contributed by atoms with van der Waals surface area (Å²) in [5.41, 5.74) is 1.37. The molecule has 4 heteroatoms. The van der Waals surface area contributed by atoms with Gasteiger partial charge in [-0.2, -0.15) is 0 Å². The molecule has 0 amide bonds. The highest BCUT2D eigenvalue weighted by molar-refractivity contribution is 6.30. The fourth-order valence-electron chi connectivity index (χ4n) is 2.75. The summed E-state index contributed by atoms with van der Waals surface area (Å²) in [5, 5.41) is 4.54. The number of hydrogen-bond donors (Lipinski definition) is 1. The number of benzene rings is 1. The van der Waals surface area contributed by atoms with Crippen LogP contribution in [0.5, 0.6) is 0 Å². The number of aryl methyl sites for hydroxylation is 1. The lowest BCUT2D eigenvalue weighted by atomic mass is 10.0. The van der Waals surface area contributed by atoms with E-state index in [2.05, 4.69) is 27.0 Å².